The van der Waals surface area contributed by atoms with Gasteiger partial charge in [-0.3, -0.25) is 9.78 Å². The van der Waals surface area contributed by atoms with Crippen LogP contribution in [0, 0.1) is 6.92 Å². The van der Waals surface area contributed by atoms with Gasteiger partial charge in [0.25, 0.3) is 5.91 Å². The van der Waals surface area contributed by atoms with Gasteiger partial charge in [0.05, 0.1) is 24.5 Å². The topological polar surface area (TPSA) is 92.8 Å². The first-order valence-corrected chi connectivity index (χ1v) is 12.9. The Hall–Kier alpha value is -3.20. The smallest absolute Gasteiger partial charge is 0.328 e. The number of pyridine rings is 1. The number of carbonyl (C=O) groups excluding carboxylic acids is 2. The van der Waals surface area contributed by atoms with Gasteiger partial charge in [-0.1, -0.05) is 18.2 Å². The summed E-state index contributed by atoms with van der Waals surface area (Å²) in [6, 6.07) is 10.9. The summed E-state index contributed by atoms with van der Waals surface area (Å²) in [6.07, 6.45) is 1.61. The summed E-state index contributed by atoms with van der Waals surface area (Å²) in [7, 11) is 0. The van der Waals surface area contributed by atoms with Crippen molar-refractivity contribution in [2.24, 2.45) is 0 Å². The van der Waals surface area contributed by atoms with Crippen molar-refractivity contribution in [2.75, 3.05) is 26.3 Å². The number of nitrogens with zero attached hydrogens (tertiary/aromatic N) is 2. The van der Waals surface area contributed by atoms with Gasteiger partial charge in [0, 0.05) is 36.8 Å². The predicted octanol–water partition coefficient (Wildman–Crippen LogP) is 3.72. The molecular weight excluding hydrogens is 476 g/mol. The van der Waals surface area contributed by atoms with Crippen molar-refractivity contribution in [3.8, 4) is 5.75 Å². The zero-order chi connectivity index (χ0) is 26.1. The molecule has 9 heteroatoms. The second kappa shape index (κ2) is 13.2. The number of carbonyl (C=O) groups is 2. The number of likely N-dealkylation sites (tertiary alicyclic amines) is 1. The van der Waals surface area contributed by atoms with E-state index in [1.807, 2.05) is 50.2 Å². The number of piperidine rings is 1. The molecule has 0 aliphatic carbocycles. The minimum Gasteiger partial charge on any atom is -0.494 e. The first-order chi connectivity index (χ1) is 17.3. The Labute approximate surface area is 218 Å². The second-order valence-electron chi connectivity index (χ2n) is 8.79. The van der Waals surface area contributed by atoms with Crippen LogP contribution < -0.4 is 15.4 Å². The minimum atomic E-state index is -0.503. The number of aryl methyl sites for hydroxylation is 1. The minimum absolute atomic E-state index is 0.142. The second-order valence-corrected chi connectivity index (χ2v) is 9.18. The molecule has 36 heavy (non-hydrogen) atoms. The molecule has 2 N–H and O–H groups in total. The van der Waals surface area contributed by atoms with Crippen molar-refractivity contribution in [1.29, 1.82) is 0 Å². The molecule has 194 valence electrons. The molecule has 0 radical (unpaired) electrons. The Morgan fingerprint density at radius 2 is 1.86 bits per heavy atom. The van der Waals surface area contributed by atoms with Crippen molar-refractivity contribution >= 4 is 29.2 Å². The maximum absolute atomic E-state index is 13.2. The maximum Gasteiger partial charge on any atom is 0.328 e. The van der Waals surface area contributed by atoms with E-state index in [1.165, 1.54) is 0 Å². The summed E-state index contributed by atoms with van der Waals surface area (Å²) < 4.78 is 10.7. The molecule has 1 unspecified atom stereocenters. The first kappa shape index (κ1) is 27.4. The fraction of sp³-hybridized carbons (Fsp3) is 0.481. The molecular formula is C27H36N4O4S. The number of aromatic nitrogens is 1. The predicted molar refractivity (Wildman–Crippen MR) is 143 cm³/mol. The quantitative estimate of drug-likeness (QED) is 0.388. The Bertz CT molecular complexity index is 1070. The van der Waals surface area contributed by atoms with E-state index >= 15 is 0 Å². The molecule has 1 aliphatic heterocycles. The largest absolute Gasteiger partial charge is 0.494 e. The van der Waals surface area contributed by atoms with Crippen LogP contribution in [0.1, 0.15) is 66.8 Å². The molecule has 3 rings (SSSR count). The van der Waals surface area contributed by atoms with E-state index in [-0.39, 0.29) is 17.8 Å². The highest BCUT2D eigenvalue weighted by Gasteiger charge is 2.28. The van der Waals surface area contributed by atoms with Crippen LogP contribution >= 0.6 is 12.2 Å². The number of esters is 1. The van der Waals surface area contributed by atoms with Crippen LogP contribution in [0.15, 0.2) is 36.4 Å². The molecule has 2 aromatic rings. The van der Waals surface area contributed by atoms with Gasteiger partial charge in [0.2, 0.25) is 0 Å². The number of nitrogens with one attached hydrogen (secondary N) is 2. The van der Waals surface area contributed by atoms with E-state index in [2.05, 4.69) is 15.5 Å². The van der Waals surface area contributed by atoms with Crippen molar-refractivity contribution in [1.82, 2.24) is 20.5 Å². The lowest BCUT2D eigenvalue weighted by Gasteiger charge is -2.34. The van der Waals surface area contributed by atoms with E-state index in [4.69, 9.17) is 26.7 Å². The van der Waals surface area contributed by atoms with Crippen molar-refractivity contribution in [3.05, 3.63) is 58.9 Å². The van der Waals surface area contributed by atoms with Crippen molar-refractivity contribution < 1.29 is 19.1 Å². The molecule has 0 bridgehead atoms. The molecule has 2 heterocycles. The van der Waals surface area contributed by atoms with Gasteiger partial charge in [0.1, 0.15) is 11.8 Å². The number of ether oxygens (including phenoxy) is 2. The van der Waals surface area contributed by atoms with Gasteiger partial charge in [-0.15, -0.1) is 0 Å². The fourth-order valence-corrected chi connectivity index (χ4v) is 4.61. The summed E-state index contributed by atoms with van der Waals surface area (Å²) >= 11 is 5.52. The van der Waals surface area contributed by atoms with Gasteiger partial charge >= 0.3 is 5.97 Å². The van der Waals surface area contributed by atoms with Crippen LogP contribution in [-0.4, -0.2) is 59.2 Å². The Balaban J connectivity index is 1.64. The van der Waals surface area contributed by atoms with Gasteiger partial charge in [0.15, 0.2) is 5.11 Å². The third kappa shape index (κ3) is 7.16. The number of para-hydroxylation sites is 1. The summed E-state index contributed by atoms with van der Waals surface area (Å²) in [5.74, 6) is 0.449. The van der Waals surface area contributed by atoms with Crippen LogP contribution in [0.2, 0.25) is 0 Å². The number of benzene rings is 1. The monoisotopic (exact) mass is 512 g/mol. The van der Waals surface area contributed by atoms with Crippen LogP contribution in [0.4, 0.5) is 0 Å². The lowest BCUT2D eigenvalue weighted by Crippen LogP contribution is -2.49. The highest BCUT2D eigenvalue weighted by Crippen LogP contribution is 2.30. The van der Waals surface area contributed by atoms with Crippen molar-refractivity contribution in [2.45, 2.75) is 59.0 Å². The molecule has 1 aromatic heterocycles. The van der Waals surface area contributed by atoms with E-state index in [9.17, 15) is 9.59 Å². The molecule has 1 fully saturated rings. The first-order valence-electron chi connectivity index (χ1n) is 12.5. The third-order valence-corrected chi connectivity index (χ3v) is 6.55. The SMILES string of the molecule is CCOC(=O)C(C)NC(=S)N1CCC(c2nc(C)ccc2C(=O)NCc2ccccc2OCC)CC1. The third-order valence-electron chi connectivity index (χ3n) is 6.17. The van der Waals surface area contributed by atoms with Gasteiger partial charge in [-0.05, 0) is 71.0 Å². The Morgan fingerprint density at radius 3 is 2.56 bits per heavy atom. The number of thiocarbonyl (C=S) groups is 1. The summed E-state index contributed by atoms with van der Waals surface area (Å²) in [5.41, 5.74) is 3.24. The van der Waals surface area contributed by atoms with Gasteiger partial charge in [-0.2, -0.15) is 0 Å². The fourth-order valence-electron chi connectivity index (χ4n) is 4.26. The molecule has 1 aliphatic rings. The average Bonchev–Trinajstić information content (AvgIpc) is 2.88. The zero-order valence-electron chi connectivity index (χ0n) is 21.5. The molecule has 1 atom stereocenters. The standard InChI is InChI=1S/C27H36N4O4S/c1-5-34-23-10-8-7-9-21(23)17-28-25(32)22-12-11-18(3)29-24(22)20-13-15-31(16-14-20)27(36)30-19(4)26(33)35-6-2/h7-12,19-20H,5-6,13-17H2,1-4H3,(H,28,32)(H,30,36). The van der Waals surface area contributed by atoms with Crippen LogP contribution in [0.3, 0.4) is 0 Å². The zero-order valence-corrected chi connectivity index (χ0v) is 22.3. The molecule has 1 amide bonds. The van der Waals surface area contributed by atoms with E-state index in [1.54, 1.807) is 13.8 Å². The Kier molecular flexibility index (Phi) is 10.0. The lowest BCUT2D eigenvalue weighted by molar-refractivity contribution is -0.144. The van der Waals surface area contributed by atoms with Crippen molar-refractivity contribution in [3.63, 3.8) is 0 Å². The van der Waals surface area contributed by atoms with E-state index in [0.29, 0.717) is 43.5 Å². The molecule has 0 saturated carbocycles. The van der Waals surface area contributed by atoms with Crippen LogP contribution in [0.25, 0.3) is 0 Å². The number of hydrogen-bond acceptors (Lipinski definition) is 6. The summed E-state index contributed by atoms with van der Waals surface area (Å²) in [5, 5.41) is 6.64. The normalized spacial score (nSPS) is 14.6. The van der Waals surface area contributed by atoms with Gasteiger partial charge in [-0.25, -0.2) is 4.79 Å². The molecule has 1 aromatic carbocycles. The maximum atomic E-state index is 13.2. The van der Waals surface area contributed by atoms with Crippen LogP contribution in [0.5, 0.6) is 5.75 Å². The van der Waals surface area contributed by atoms with E-state index < -0.39 is 6.04 Å². The highest BCUT2D eigenvalue weighted by molar-refractivity contribution is 7.80. The van der Waals surface area contributed by atoms with Crippen LogP contribution in [-0.2, 0) is 16.1 Å². The lowest BCUT2D eigenvalue weighted by atomic mass is 9.90. The average molecular weight is 513 g/mol. The Morgan fingerprint density at radius 1 is 1.14 bits per heavy atom. The van der Waals surface area contributed by atoms with E-state index in [0.717, 1.165) is 35.5 Å². The summed E-state index contributed by atoms with van der Waals surface area (Å²) in [6.45, 7) is 10.1. The molecule has 1 saturated heterocycles. The molecule has 0 spiro atoms. The number of rotatable bonds is 9. The summed E-state index contributed by atoms with van der Waals surface area (Å²) in [4.78, 5) is 31.9. The van der Waals surface area contributed by atoms with Gasteiger partial charge < -0.3 is 25.0 Å². The number of amides is 1. The highest BCUT2D eigenvalue weighted by atomic mass is 32.1. The number of hydrogen-bond donors (Lipinski definition) is 2. The molecule has 8 nitrogen and oxygen atoms in total.